The summed E-state index contributed by atoms with van der Waals surface area (Å²) in [6, 6.07) is 10.4. The zero-order valence-electron chi connectivity index (χ0n) is 20.6. The second-order valence-electron chi connectivity index (χ2n) is 7.63. The Hall–Kier alpha value is -3.90. The van der Waals surface area contributed by atoms with Crippen LogP contribution < -0.4 is 29.0 Å². The number of nitrogens with one attached hydrogen (secondary N) is 2. The third-order valence-corrected chi connectivity index (χ3v) is 6.79. The molecule has 3 aromatic carbocycles. The Morgan fingerprint density at radius 2 is 1.49 bits per heavy atom. The minimum Gasteiger partial charge on any atom is -0.497 e. The van der Waals surface area contributed by atoms with E-state index >= 15 is 0 Å². The van der Waals surface area contributed by atoms with E-state index in [0.717, 1.165) is 12.1 Å². The van der Waals surface area contributed by atoms with Crippen LogP contribution in [0.2, 0.25) is 0 Å². The van der Waals surface area contributed by atoms with E-state index in [1.807, 2.05) is 0 Å². The van der Waals surface area contributed by atoms with Crippen LogP contribution in [0.25, 0.3) is 0 Å². The van der Waals surface area contributed by atoms with E-state index in [9.17, 15) is 22.0 Å². The summed E-state index contributed by atoms with van der Waals surface area (Å²) < 4.78 is 77.1. The fourth-order valence-corrected chi connectivity index (χ4v) is 4.51. The first-order valence-corrected chi connectivity index (χ1v) is 12.3. The van der Waals surface area contributed by atoms with Crippen molar-refractivity contribution in [2.24, 2.45) is 0 Å². The van der Waals surface area contributed by atoms with Crippen LogP contribution in [0, 0.1) is 11.6 Å². The Bertz CT molecular complexity index is 1380. The molecule has 0 fully saturated rings. The van der Waals surface area contributed by atoms with Gasteiger partial charge in [-0.25, -0.2) is 21.9 Å². The smallest absolute Gasteiger partial charge is 0.241 e. The van der Waals surface area contributed by atoms with Crippen molar-refractivity contribution < 1.29 is 40.9 Å². The summed E-state index contributed by atoms with van der Waals surface area (Å²) in [5.74, 6) is -1.25. The third kappa shape index (κ3) is 6.46. The van der Waals surface area contributed by atoms with Crippen LogP contribution in [-0.4, -0.2) is 49.3 Å². The summed E-state index contributed by atoms with van der Waals surface area (Å²) in [7, 11) is 1.43. The average Bonchev–Trinajstić information content (AvgIpc) is 2.89. The van der Waals surface area contributed by atoms with Crippen LogP contribution in [0.1, 0.15) is 11.1 Å². The molecule has 0 atom stereocenters. The molecule has 0 saturated heterocycles. The first-order valence-electron chi connectivity index (χ1n) is 10.8. The molecule has 0 saturated carbocycles. The molecule has 2 N–H and O–H groups in total. The fraction of sp³-hybridized carbons (Fsp3) is 0.240. The molecular weight excluding hydrogens is 510 g/mol. The van der Waals surface area contributed by atoms with Crippen LogP contribution in [0.5, 0.6) is 23.0 Å². The highest BCUT2D eigenvalue weighted by molar-refractivity contribution is 7.89. The number of amides is 1. The number of anilines is 1. The van der Waals surface area contributed by atoms with Gasteiger partial charge >= 0.3 is 0 Å². The van der Waals surface area contributed by atoms with Crippen molar-refractivity contribution >= 4 is 21.6 Å². The van der Waals surface area contributed by atoms with Gasteiger partial charge in [0, 0.05) is 24.1 Å². The topological polar surface area (TPSA) is 112 Å². The summed E-state index contributed by atoms with van der Waals surface area (Å²) in [6.45, 7) is -0.640. The molecule has 12 heteroatoms. The Labute approximate surface area is 213 Å². The lowest BCUT2D eigenvalue weighted by atomic mass is 10.0. The molecule has 0 aliphatic rings. The van der Waals surface area contributed by atoms with Gasteiger partial charge in [-0.1, -0.05) is 6.07 Å². The van der Waals surface area contributed by atoms with E-state index in [-0.39, 0.29) is 39.6 Å². The molecule has 0 bridgehead atoms. The van der Waals surface area contributed by atoms with Crippen molar-refractivity contribution in [3.8, 4) is 23.0 Å². The molecule has 0 aromatic heterocycles. The zero-order valence-corrected chi connectivity index (χ0v) is 21.4. The molecule has 198 valence electrons. The second-order valence-corrected chi connectivity index (χ2v) is 9.40. The standard InChI is InChI=1S/C25H26F2N2O7S/c1-33-16-10-15(11-18-19(26)6-5-7-20(18)27)25(23(12-16)36-4)29-24(30)14-28-37(31,32)17-8-9-21(34-2)22(13-17)35-3/h5-10,12-13,28H,11,14H2,1-4H3,(H,29,30). The number of hydrogen-bond acceptors (Lipinski definition) is 7. The number of hydrogen-bond donors (Lipinski definition) is 2. The van der Waals surface area contributed by atoms with Gasteiger partial charge in [0.25, 0.3) is 0 Å². The van der Waals surface area contributed by atoms with E-state index in [1.54, 1.807) is 0 Å². The molecule has 9 nitrogen and oxygen atoms in total. The minimum absolute atomic E-state index is 0.112. The summed E-state index contributed by atoms with van der Waals surface area (Å²) in [5, 5.41) is 2.57. The van der Waals surface area contributed by atoms with Crippen molar-refractivity contribution in [1.29, 1.82) is 0 Å². The molecular formula is C25H26F2N2O7S. The zero-order chi connectivity index (χ0) is 27.2. The van der Waals surface area contributed by atoms with Gasteiger partial charge in [0.1, 0.15) is 23.1 Å². The maximum Gasteiger partial charge on any atom is 0.241 e. The molecule has 37 heavy (non-hydrogen) atoms. The van der Waals surface area contributed by atoms with Crippen molar-refractivity contribution in [2.75, 3.05) is 40.3 Å². The third-order valence-electron chi connectivity index (χ3n) is 5.39. The predicted molar refractivity (Wildman–Crippen MR) is 132 cm³/mol. The molecule has 0 unspecified atom stereocenters. The van der Waals surface area contributed by atoms with Gasteiger partial charge in [0.15, 0.2) is 11.5 Å². The lowest BCUT2D eigenvalue weighted by Crippen LogP contribution is -2.33. The van der Waals surface area contributed by atoms with Crippen molar-refractivity contribution in [3.05, 3.63) is 71.3 Å². The Balaban J connectivity index is 1.85. The van der Waals surface area contributed by atoms with Crippen LogP contribution >= 0.6 is 0 Å². The van der Waals surface area contributed by atoms with E-state index < -0.39 is 34.1 Å². The Morgan fingerprint density at radius 3 is 2.08 bits per heavy atom. The number of carbonyl (C=O) groups is 1. The average molecular weight is 537 g/mol. The molecule has 1 amide bonds. The number of benzene rings is 3. The molecule has 0 aliphatic heterocycles. The van der Waals surface area contributed by atoms with Gasteiger partial charge in [-0.3, -0.25) is 4.79 Å². The minimum atomic E-state index is -4.10. The van der Waals surface area contributed by atoms with Crippen molar-refractivity contribution in [2.45, 2.75) is 11.3 Å². The van der Waals surface area contributed by atoms with E-state index in [2.05, 4.69) is 10.0 Å². The molecule has 3 aromatic rings. The normalized spacial score (nSPS) is 11.1. The number of carbonyl (C=O) groups excluding carboxylic acids is 1. The summed E-state index contributed by atoms with van der Waals surface area (Å²) in [4.78, 5) is 12.6. The maximum atomic E-state index is 14.3. The maximum absolute atomic E-state index is 14.3. The highest BCUT2D eigenvalue weighted by Gasteiger charge is 2.21. The quantitative estimate of drug-likeness (QED) is 0.386. The molecule has 3 rings (SSSR count). The fourth-order valence-electron chi connectivity index (χ4n) is 3.51. The highest BCUT2D eigenvalue weighted by Crippen LogP contribution is 2.36. The first kappa shape index (κ1) is 27.7. The van der Waals surface area contributed by atoms with Crippen LogP contribution in [0.15, 0.2) is 53.4 Å². The van der Waals surface area contributed by atoms with E-state index in [4.69, 9.17) is 18.9 Å². The monoisotopic (exact) mass is 536 g/mol. The SMILES string of the molecule is COc1cc(Cc2c(F)cccc2F)c(NC(=O)CNS(=O)(=O)c2ccc(OC)c(OC)c2)c(OC)c1. The van der Waals surface area contributed by atoms with Gasteiger partial charge in [-0.05, 0) is 35.9 Å². The molecule has 0 radical (unpaired) electrons. The highest BCUT2D eigenvalue weighted by atomic mass is 32.2. The second kappa shape index (κ2) is 11.9. The Kier molecular flexibility index (Phi) is 8.90. The van der Waals surface area contributed by atoms with Crippen molar-refractivity contribution in [3.63, 3.8) is 0 Å². The van der Waals surface area contributed by atoms with Crippen LogP contribution in [0.3, 0.4) is 0 Å². The summed E-state index contributed by atoms with van der Waals surface area (Å²) >= 11 is 0. The predicted octanol–water partition coefficient (Wildman–Crippen LogP) is 3.51. The number of ether oxygens (including phenoxy) is 4. The molecule has 0 aliphatic carbocycles. The number of sulfonamides is 1. The van der Waals surface area contributed by atoms with E-state index in [0.29, 0.717) is 11.5 Å². The number of rotatable bonds is 11. The van der Waals surface area contributed by atoms with Crippen molar-refractivity contribution in [1.82, 2.24) is 4.72 Å². The van der Waals surface area contributed by atoms with Crippen LogP contribution in [0.4, 0.5) is 14.5 Å². The summed E-state index contributed by atoms with van der Waals surface area (Å²) in [5.41, 5.74) is 0.181. The molecule has 0 heterocycles. The van der Waals surface area contributed by atoms with Gasteiger partial charge in [0.05, 0.1) is 45.6 Å². The number of halogens is 2. The van der Waals surface area contributed by atoms with Crippen LogP contribution in [-0.2, 0) is 21.2 Å². The molecule has 0 spiro atoms. The van der Waals surface area contributed by atoms with Gasteiger partial charge in [-0.15, -0.1) is 0 Å². The Morgan fingerprint density at radius 1 is 0.838 bits per heavy atom. The lowest BCUT2D eigenvalue weighted by molar-refractivity contribution is -0.115. The lowest BCUT2D eigenvalue weighted by Gasteiger charge is -2.18. The van der Waals surface area contributed by atoms with E-state index in [1.165, 1.54) is 64.8 Å². The first-order chi connectivity index (χ1) is 17.6. The summed E-state index contributed by atoms with van der Waals surface area (Å²) in [6.07, 6.45) is -0.237. The van der Waals surface area contributed by atoms with Gasteiger partial charge < -0.3 is 24.3 Å². The van der Waals surface area contributed by atoms with Gasteiger partial charge in [0.2, 0.25) is 15.9 Å². The number of methoxy groups -OCH3 is 4. The largest absolute Gasteiger partial charge is 0.497 e. The van der Waals surface area contributed by atoms with Gasteiger partial charge in [-0.2, -0.15) is 0 Å².